The summed E-state index contributed by atoms with van der Waals surface area (Å²) in [5, 5.41) is 3.38. The SMILES string of the molecule is CCC(NC(=O)C1C2CC3CC(C2)CC1C3)c1ccccc1OCC(=O)N1CCCC1. The van der Waals surface area contributed by atoms with Crippen molar-refractivity contribution in [1.29, 1.82) is 0 Å². The maximum absolute atomic E-state index is 13.4. The number of nitrogens with one attached hydrogen (secondary N) is 1. The molecule has 2 amide bonds. The average Bonchev–Trinajstić information content (AvgIpc) is 3.30. The molecule has 5 nitrogen and oxygen atoms in total. The minimum Gasteiger partial charge on any atom is -0.483 e. The normalized spacial score (nSPS) is 32.2. The molecule has 1 aliphatic heterocycles. The van der Waals surface area contributed by atoms with Crippen LogP contribution in [-0.2, 0) is 9.59 Å². The minimum atomic E-state index is -0.0808. The van der Waals surface area contributed by atoms with Gasteiger partial charge in [0.1, 0.15) is 5.75 Å². The number of amides is 2. The van der Waals surface area contributed by atoms with E-state index in [2.05, 4.69) is 12.2 Å². The molecule has 5 fully saturated rings. The summed E-state index contributed by atoms with van der Waals surface area (Å²) in [7, 11) is 0. The summed E-state index contributed by atoms with van der Waals surface area (Å²) < 4.78 is 5.97. The molecular weight excluding hydrogens is 388 g/mol. The zero-order chi connectivity index (χ0) is 21.4. The Labute approximate surface area is 185 Å². The first kappa shape index (κ1) is 20.8. The fourth-order valence-corrected chi connectivity index (χ4v) is 7.12. The van der Waals surface area contributed by atoms with Crippen LogP contribution in [0, 0.1) is 29.6 Å². The number of likely N-dealkylation sites (tertiary alicyclic amines) is 1. The van der Waals surface area contributed by atoms with Gasteiger partial charge in [-0.05, 0) is 81.1 Å². The van der Waals surface area contributed by atoms with E-state index in [4.69, 9.17) is 4.74 Å². The van der Waals surface area contributed by atoms with Gasteiger partial charge in [0, 0.05) is 24.6 Å². The molecule has 6 rings (SSSR count). The fourth-order valence-electron chi connectivity index (χ4n) is 7.12. The van der Waals surface area contributed by atoms with Crippen molar-refractivity contribution in [3.05, 3.63) is 29.8 Å². The quantitative estimate of drug-likeness (QED) is 0.709. The van der Waals surface area contributed by atoms with Crippen LogP contribution in [0.1, 0.15) is 69.9 Å². The summed E-state index contributed by atoms with van der Waals surface area (Å²) in [4.78, 5) is 27.7. The molecule has 0 radical (unpaired) electrons. The predicted octanol–water partition coefficient (Wildman–Crippen LogP) is 4.33. The number of nitrogens with zero attached hydrogens (tertiary/aromatic N) is 1. The first-order valence-electron chi connectivity index (χ1n) is 12.4. The third-order valence-corrected chi connectivity index (χ3v) is 8.36. The van der Waals surface area contributed by atoms with Crippen molar-refractivity contribution >= 4 is 11.8 Å². The van der Waals surface area contributed by atoms with Gasteiger partial charge in [-0.1, -0.05) is 25.1 Å². The molecule has 1 unspecified atom stereocenters. The van der Waals surface area contributed by atoms with Gasteiger partial charge in [-0.25, -0.2) is 0 Å². The molecule has 1 heterocycles. The number of para-hydroxylation sites is 1. The Morgan fingerprint density at radius 2 is 1.68 bits per heavy atom. The molecule has 0 aromatic heterocycles. The molecule has 1 saturated heterocycles. The molecule has 1 aromatic carbocycles. The lowest BCUT2D eigenvalue weighted by molar-refractivity contribution is -0.139. The van der Waals surface area contributed by atoms with Gasteiger partial charge < -0.3 is 15.0 Å². The van der Waals surface area contributed by atoms with E-state index >= 15 is 0 Å². The Kier molecular flexibility index (Phi) is 5.94. The van der Waals surface area contributed by atoms with E-state index in [0.29, 0.717) is 17.6 Å². The number of hydrogen-bond donors (Lipinski definition) is 1. The molecule has 4 bridgehead atoms. The van der Waals surface area contributed by atoms with Gasteiger partial charge >= 0.3 is 0 Å². The van der Waals surface area contributed by atoms with Gasteiger partial charge in [-0.15, -0.1) is 0 Å². The van der Waals surface area contributed by atoms with Gasteiger partial charge in [0.15, 0.2) is 6.61 Å². The first-order valence-corrected chi connectivity index (χ1v) is 12.4. The van der Waals surface area contributed by atoms with Crippen LogP contribution in [0.25, 0.3) is 0 Å². The Hall–Kier alpha value is -2.04. The van der Waals surface area contributed by atoms with E-state index in [1.165, 1.54) is 32.1 Å². The summed E-state index contributed by atoms with van der Waals surface area (Å²) >= 11 is 0. The second kappa shape index (κ2) is 8.84. The lowest BCUT2D eigenvalue weighted by atomic mass is 9.51. The first-order chi connectivity index (χ1) is 15.1. The molecule has 1 aromatic rings. The average molecular weight is 425 g/mol. The topological polar surface area (TPSA) is 58.6 Å². The lowest BCUT2D eigenvalue weighted by Gasteiger charge is -2.53. The zero-order valence-corrected chi connectivity index (χ0v) is 18.7. The lowest BCUT2D eigenvalue weighted by Crippen LogP contribution is -2.51. The standard InChI is InChI=1S/C26H36N2O3/c1-2-22(27-26(30)25-19-12-17-11-18(14-19)15-20(25)13-17)21-7-3-4-8-23(21)31-16-24(29)28-9-5-6-10-28/h3-4,7-8,17-20,22,25H,2,5-6,9-16H2,1H3,(H,27,30). The predicted molar refractivity (Wildman–Crippen MR) is 119 cm³/mol. The van der Waals surface area contributed by atoms with Crippen LogP contribution in [0.15, 0.2) is 24.3 Å². The summed E-state index contributed by atoms with van der Waals surface area (Å²) in [5.74, 6) is 4.10. The van der Waals surface area contributed by atoms with Crippen molar-refractivity contribution in [3.8, 4) is 5.75 Å². The smallest absolute Gasteiger partial charge is 0.260 e. The van der Waals surface area contributed by atoms with Crippen molar-refractivity contribution in [2.24, 2.45) is 29.6 Å². The highest BCUT2D eigenvalue weighted by Gasteiger charge is 2.50. The Morgan fingerprint density at radius 1 is 1.03 bits per heavy atom. The largest absolute Gasteiger partial charge is 0.483 e. The third kappa shape index (κ3) is 4.20. The highest BCUT2D eigenvalue weighted by molar-refractivity contribution is 5.80. The van der Waals surface area contributed by atoms with Crippen LogP contribution >= 0.6 is 0 Å². The molecular formula is C26H36N2O3. The molecule has 5 heteroatoms. The minimum absolute atomic E-state index is 0.0537. The van der Waals surface area contributed by atoms with Crippen LogP contribution in [0.4, 0.5) is 0 Å². The second-order valence-electron chi connectivity index (χ2n) is 10.3. The van der Waals surface area contributed by atoms with Gasteiger partial charge in [0.25, 0.3) is 5.91 Å². The highest BCUT2D eigenvalue weighted by Crippen LogP contribution is 2.56. The number of benzene rings is 1. The van der Waals surface area contributed by atoms with Crippen molar-refractivity contribution in [2.45, 2.75) is 64.3 Å². The Bertz CT molecular complexity index is 789. The second-order valence-corrected chi connectivity index (χ2v) is 10.3. The van der Waals surface area contributed by atoms with Crippen molar-refractivity contribution in [1.82, 2.24) is 10.2 Å². The third-order valence-electron chi connectivity index (χ3n) is 8.36. The van der Waals surface area contributed by atoms with E-state index in [1.807, 2.05) is 29.2 Å². The number of ether oxygens (including phenoxy) is 1. The van der Waals surface area contributed by atoms with Gasteiger partial charge in [0.05, 0.1) is 6.04 Å². The molecule has 4 saturated carbocycles. The summed E-state index contributed by atoms with van der Waals surface area (Å²) in [6, 6.07) is 7.79. The van der Waals surface area contributed by atoms with Crippen molar-refractivity contribution in [3.63, 3.8) is 0 Å². The molecule has 0 spiro atoms. The van der Waals surface area contributed by atoms with Crippen LogP contribution < -0.4 is 10.1 Å². The maximum Gasteiger partial charge on any atom is 0.260 e. The highest BCUT2D eigenvalue weighted by atomic mass is 16.5. The molecule has 4 aliphatic carbocycles. The zero-order valence-electron chi connectivity index (χ0n) is 18.7. The van der Waals surface area contributed by atoms with Crippen molar-refractivity contribution in [2.75, 3.05) is 19.7 Å². The summed E-state index contributed by atoms with van der Waals surface area (Å²) in [6.07, 6.45) is 9.37. The Morgan fingerprint density at radius 3 is 2.32 bits per heavy atom. The number of carbonyl (C=O) groups is 2. The Balaban J connectivity index is 1.25. The van der Waals surface area contributed by atoms with Crippen LogP contribution in [0.3, 0.4) is 0 Å². The molecule has 168 valence electrons. The van der Waals surface area contributed by atoms with Gasteiger partial charge in [0.2, 0.25) is 5.91 Å². The molecule has 31 heavy (non-hydrogen) atoms. The van der Waals surface area contributed by atoms with Crippen LogP contribution in [0.5, 0.6) is 5.75 Å². The van der Waals surface area contributed by atoms with E-state index in [9.17, 15) is 9.59 Å². The van der Waals surface area contributed by atoms with Gasteiger partial charge in [-0.3, -0.25) is 9.59 Å². The monoisotopic (exact) mass is 424 g/mol. The van der Waals surface area contributed by atoms with E-state index in [1.54, 1.807) is 0 Å². The van der Waals surface area contributed by atoms with Crippen LogP contribution in [-0.4, -0.2) is 36.4 Å². The van der Waals surface area contributed by atoms with Gasteiger partial charge in [-0.2, -0.15) is 0 Å². The molecule has 1 N–H and O–H groups in total. The van der Waals surface area contributed by atoms with E-state index < -0.39 is 0 Å². The van der Waals surface area contributed by atoms with E-state index in [-0.39, 0.29) is 30.4 Å². The van der Waals surface area contributed by atoms with Crippen molar-refractivity contribution < 1.29 is 14.3 Å². The number of hydrogen-bond acceptors (Lipinski definition) is 3. The molecule has 5 aliphatic rings. The summed E-state index contributed by atoms with van der Waals surface area (Å²) in [5.41, 5.74) is 0.983. The fraction of sp³-hybridized carbons (Fsp3) is 0.692. The number of rotatable bonds is 7. The molecule has 1 atom stereocenters. The summed E-state index contributed by atoms with van der Waals surface area (Å²) in [6.45, 7) is 3.84. The maximum atomic E-state index is 13.4. The van der Waals surface area contributed by atoms with E-state index in [0.717, 1.165) is 49.8 Å². The number of carbonyl (C=O) groups excluding carboxylic acids is 2. The van der Waals surface area contributed by atoms with Crippen LogP contribution in [0.2, 0.25) is 0 Å².